The molecular weight excluding hydrogens is 218 g/mol. The molecule has 1 rings (SSSR count). The lowest BCUT2D eigenvalue weighted by atomic mass is 10.3. The summed E-state index contributed by atoms with van der Waals surface area (Å²) in [6.45, 7) is 1.04. The quantitative estimate of drug-likeness (QED) is 0.534. The minimum Gasteiger partial charge on any atom is -0.338 e. The Hall–Kier alpha value is -0.820. The van der Waals surface area contributed by atoms with Crippen molar-refractivity contribution in [2.45, 2.75) is 18.9 Å². The summed E-state index contributed by atoms with van der Waals surface area (Å²) in [5, 5.41) is 5.24. The smallest absolute Gasteiger partial charge is 0.315 e. The first-order valence-electron chi connectivity index (χ1n) is 4.98. The molecule has 0 saturated carbocycles. The van der Waals surface area contributed by atoms with Crippen LogP contribution in [0.25, 0.3) is 0 Å². The van der Waals surface area contributed by atoms with E-state index in [0.717, 1.165) is 6.42 Å². The minimum absolute atomic E-state index is 0.0529. The van der Waals surface area contributed by atoms with Crippen LogP contribution in [-0.2, 0) is 9.84 Å². The van der Waals surface area contributed by atoms with Gasteiger partial charge in [-0.05, 0) is 19.4 Å². The standard InChI is InChI=1S/C8H17N3O3S/c9-3-1-4-10-8(12)11-7-2-5-15(13,14)6-7/h7H,1-6,9H2,(H2,10,11,12). The summed E-state index contributed by atoms with van der Waals surface area (Å²) in [4.78, 5) is 11.2. The van der Waals surface area contributed by atoms with Crippen LogP contribution >= 0.6 is 0 Å². The first kappa shape index (κ1) is 12.3. The minimum atomic E-state index is -2.93. The lowest BCUT2D eigenvalue weighted by Gasteiger charge is -2.11. The topological polar surface area (TPSA) is 101 Å². The lowest BCUT2D eigenvalue weighted by molar-refractivity contribution is 0.238. The summed E-state index contributed by atoms with van der Waals surface area (Å²) in [6.07, 6.45) is 1.23. The van der Waals surface area contributed by atoms with E-state index < -0.39 is 9.84 Å². The zero-order chi connectivity index (χ0) is 11.3. The van der Waals surface area contributed by atoms with Crippen molar-refractivity contribution < 1.29 is 13.2 Å². The molecule has 0 bridgehead atoms. The molecule has 6 nitrogen and oxygen atoms in total. The molecule has 0 spiro atoms. The van der Waals surface area contributed by atoms with Crippen LogP contribution in [0.15, 0.2) is 0 Å². The summed E-state index contributed by atoms with van der Waals surface area (Å²) in [6, 6.07) is -0.557. The number of urea groups is 1. The van der Waals surface area contributed by atoms with Gasteiger partial charge >= 0.3 is 6.03 Å². The molecule has 1 saturated heterocycles. The molecule has 1 aliphatic rings. The highest BCUT2D eigenvalue weighted by Crippen LogP contribution is 2.10. The maximum atomic E-state index is 11.2. The summed E-state index contributed by atoms with van der Waals surface area (Å²) in [5.41, 5.74) is 5.26. The van der Waals surface area contributed by atoms with Crippen LogP contribution in [-0.4, -0.2) is 45.1 Å². The molecule has 1 fully saturated rings. The second kappa shape index (κ2) is 5.32. The molecular formula is C8H17N3O3S. The zero-order valence-corrected chi connectivity index (χ0v) is 9.35. The van der Waals surface area contributed by atoms with Gasteiger partial charge in [0.25, 0.3) is 0 Å². The summed E-state index contributed by atoms with van der Waals surface area (Å²) < 4.78 is 22.2. The van der Waals surface area contributed by atoms with Gasteiger partial charge in [-0.15, -0.1) is 0 Å². The van der Waals surface area contributed by atoms with Gasteiger partial charge in [-0.2, -0.15) is 0 Å². The fourth-order valence-electron chi connectivity index (χ4n) is 1.45. The van der Waals surface area contributed by atoms with Crippen molar-refractivity contribution >= 4 is 15.9 Å². The van der Waals surface area contributed by atoms with Crippen LogP contribution in [0, 0.1) is 0 Å². The maximum Gasteiger partial charge on any atom is 0.315 e. The molecule has 0 radical (unpaired) electrons. The highest BCUT2D eigenvalue weighted by molar-refractivity contribution is 7.91. The largest absolute Gasteiger partial charge is 0.338 e. The molecule has 1 aliphatic heterocycles. The fourth-order valence-corrected chi connectivity index (χ4v) is 3.12. The number of nitrogens with one attached hydrogen (secondary N) is 2. The average Bonchev–Trinajstić information content (AvgIpc) is 2.46. The maximum absolute atomic E-state index is 11.2. The van der Waals surface area contributed by atoms with Crippen LogP contribution < -0.4 is 16.4 Å². The van der Waals surface area contributed by atoms with E-state index in [9.17, 15) is 13.2 Å². The molecule has 0 aromatic rings. The predicted octanol–water partition coefficient (Wildman–Crippen LogP) is -1.18. The first-order chi connectivity index (χ1) is 7.03. The van der Waals surface area contributed by atoms with E-state index in [2.05, 4.69) is 10.6 Å². The molecule has 0 aromatic carbocycles. The van der Waals surface area contributed by atoms with E-state index in [0.29, 0.717) is 19.5 Å². The number of nitrogens with two attached hydrogens (primary N) is 1. The molecule has 1 heterocycles. The molecule has 2 amide bonds. The Bertz CT molecular complexity index is 315. The normalized spacial score (nSPS) is 23.7. The van der Waals surface area contributed by atoms with Crippen molar-refractivity contribution in [1.82, 2.24) is 10.6 Å². The Labute approximate surface area is 89.5 Å². The molecule has 1 unspecified atom stereocenters. The van der Waals surface area contributed by atoms with E-state index in [4.69, 9.17) is 5.73 Å². The number of carbonyl (C=O) groups excluding carboxylic acids is 1. The van der Waals surface area contributed by atoms with E-state index in [1.54, 1.807) is 0 Å². The first-order valence-corrected chi connectivity index (χ1v) is 6.80. The average molecular weight is 235 g/mol. The van der Waals surface area contributed by atoms with Gasteiger partial charge in [0.05, 0.1) is 11.5 Å². The SMILES string of the molecule is NCCCNC(=O)NC1CCS(=O)(=O)C1. The molecule has 1 atom stereocenters. The Morgan fingerprint density at radius 3 is 2.73 bits per heavy atom. The Morgan fingerprint density at radius 2 is 2.20 bits per heavy atom. The van der Waals surface area contributed by atoms with Gasteiger partial charge < -0.3 is 16.4 Å². The van der Waals surface area contributed by atoms with Crippen molar-refractivity contribution in [3.8, 4) is 0 Å². The third kappa shape index (κ3) is 4.48. The molecule has 0 aromatic heterocycles. The van der Waals surface area contributed by atoms with Crippen LogP contribution in [0.5, 0.6) is 0 Å². The summed E-state index contributed by atoms with van der Waals surface area (Å²) >= 11 is 0. The van der Waals surface area contributed by atoms with E-state index in [1.807, 2.05) is 0 Å². The van der Waals surface area contributed by atoms with Crippen molar-refractivity contribution in [3.05, 3.63) is 0 Å². The lowest BCUT2D eigenvalue weighted by Crippen LogP contribution is -2.43. The summed E-state index contributed by atoms with van der Waals surface area (Å²) in [7, 11) is -2.93. The van der Waals surface area contributed by atoms with Gasteiger partial charge in [0.2, 0.25) is 0 Å². The third-order valence-corrected chi connectivity index (χ3v) is 4.00. The summed E-state index contributed by atoms with van der Waals surface area (Å²) in [5.74, 6) is 0.220. The van der Waals surface area contributed by atoms with Crippen molar-refractivity contribution in [2.24, 2.45) is 5.73 Å². The van der Waals surface area contributed by atoms with Gasteiger partial charge in [0, 0.05) is 12.6 Å². The van der Waals surface area contributed by atoms with Gasteiger partial charge in [-0.25, -0.2) is 13.2 Å². The van der Waals surface area contributed by atoms with Gasteiger partial charge in [0.15, 0.2) is 9.84 Å². The van der Waals surface area contributed by atoms with E-state index >= 15 is 0 Å². The van der Waals surface area contributed by atoms with E-state index in [-0.39, 0.29) is 23.6 Å². The fraction of sp³-hybridized carbons (Fsp3) is 0.875. The number of hydrogen-bond donors (Lipinski definition) is 3. The Morgan fingerprint density at radius 1 is 1.47 bits per heavy atom. The monoisotopic (exact) mass is 235 g/mol. The van der Waals surface area contributed by atoms with Gasteiger partial charge in [0.1, 0.15) is 0 Å². The number of carbonyl (C=O) groups is 1. The number of sulfone groups is 1. The van der Waals surface area contributed by atoms with E-state index in [1.165, 1.54) is 0 Å². The number of hydrogen-bond acceptors (Lipinski definition) is 4. The van der Waals surface area contributed by atoms with Gasteiger partial charge in [-0.1, -0.05) is 0 Å². The van der Waals surface area contributed by atoms with Crippen molar-refractivity contribution in [2.75, 3.05) is 24.6 Å². The third-order valence-electron chi connectivity index (χ3n) is 2.23. The van der Waals surface area contributed by atoms with Crippen LogP contribution in [0.2, 0.25) is 0 Å². The predicted molar refractivity (Wildman–Crippen MR) is 57.3 cm³/mol. The van der Waals surface area contributed by atoms with Crippen molar-refractivity contribution in [3.63, 3.8) is 0 Å². The van der Waals surface area contributed by atoms with Gasteiger partial charge in [-0.3, -0.25) is 0 Å². The Balaban J connectivity index is 2.22. The second-order valence-corrected chi connectivity index (χ2v) is 5.87. The molecule has 7 heteroatoms. The van der Waals surface area contributed by atoms with Crippen LogP contribution in [0.3, 0.4) is 0 Å². The van der Waals surface area contributed by atoms with Crippen LogP contribution in [0.4, 0.5) is 4.79 Å². The van der Waals surface area contributed by atoms with Crippen LogP contribution in [0.1, 0.15) is 12.8 Å². The highest BCUT2D eigenvalue weighted by atomic mass is 32.2. The second-order valence-electron chi connectivity index (χ2n) is 3.64. The molecule has 0 aliphatic carbocycles. The molecule has 4 N–H and O–H groups in total. The molecule has 15 heavy (non-hydrogen) atoms. The van der Waals surface area contributed by atoms with Crippen molar-refractivity contribution in [1.29, 1.82) is 0 Å². The zero-order valence-electron chi connectivity index (χ0n) is 8.53. The molecule has 88 valence electrons. The Kier molecular flexibility index (Phi) is 4.34. The number of rotatable bonds is 4. The number of amides is 2. The highest BCUT2D eigenvalue weighted by Gasteiger charge is 2.28.